The summed E-state index contributed by atoms with van der Waals surface area (Å²) in [6.07, 6.45) is 2.29. The summed E-state index contributed by atoms with van der Waals surface area (Å²) in [5.74, 6) is 1.43. The number of hydrogen-bond donors (Lipinski definition) is 1. The zero-order valence-electron chi connectivity index (χ0n) is 11.3. The van der Waals surface area contributed by atoms with Gasteiger partial charge in [-0.1, -0.05) is 20.3 Å². The molecular weight excluding hydrogens is 214 g/mol. The van der Waals surface area contributed by atoms with Gasteiger partial charge in [0.25, 0.3) is 0 Å². The zero-order valence-corrected chi connectivity index (χ0v) is 11.3. The summed E-state index contributed by atoms with van der Waals surface area (Å²) in [5.41, 5.74) is 0. The number of rotatable bonds is 4. The Bertz CT molecular complexity index is 282. The summed E-state index contributed by atoms with van der Waals surface area (Å²) < 4.78 is 0. The fourth-order valence-electron chi connectivity index (χ4n) is 2.89. The predicted octanol–water partition coefficient (Wildman–Crippen LogP) is 0.742. The second-order valence-corrected chi connectivity index (χ2v) is 5.70. The van der Waals surface area contributed by atoms with Gasteiger partial charge in [-0.25, -0.2) is 0 Å². The van der Waals surface area contributed by atoms with Crippen LogP contribution in [-0.2, 0) is 4.79 Å². The molecule has 3 unspecified atom stereocenters. The maximum atomic E-state index is 12.2. The Morgan fingerprint density at radius 2 is 2.29 bits per heavy atom. The molecule has 17 heavy (non-hydrogen) atoms. The van der Waals surface area contributed by atoms with E-state index in [0.717, 1.165) is 26.2 Å². The van der Waals surface area contributed by atoms with Crippen LogP contribution in [0.15, 0.2) is 0 Å². The summed E-state index contributed by atoms with van der Waals surface area (Å²) in [6.45, 7) is 8.29. The van der Waals surface area contributed by atoms with Crippen molar-refractivity contribution in [3.63, 3.8) is 0 Å². The molecule has 0 aromatic rings. The molecule has 2 rings (SSSR count). The summed E-state index contributed by atoms with van der Waals surface area (Å²) in [7, 11) is 2.16. The highest BCUT2D eigenvalue weighted by Gasteiger charge is 2.35. The first-order chi connectivity index (χ1) is 8.11. The zero-order chi connectivity index (χ0) is 12.4. The Labute approximate surface area is 104 Å². The van der Waals surface area contributed by atoms with Gasteiger partial charge < -0.3 is 9.80 Å². The average molecular weight is 239 g/mol. The van der Waals surface area contributed by atoms with Gasteiger partial charge in [-0.05, 0) is 31.8 Å². The van der Waals surface area contributed by atoms with E-state index in [1.165, 1.54) is 13.0 Å². The van der Waals surface area contributed by atoms with Gasteiger partial charge in [-0.15, -0.1) is 0 Å². The van der Waals surface area contributed by atoms with E-state index in [4.69, 9.17) is 0 Å². The molecule has 0 spiro atoms. The minimum atomic E-state index is 0.0548. The third kappa shape index (κ3) is 2.80. The van der Waals surface area contributed by atoms with Gasteiger partial charge >= 0.3 is 0 Å². The van der Waals surface area contributed by atoms with Gasteiger partial charge in [-0.2, -0.15) is 0 Å². The minimum absolute atomic E-state index is 0.0548. The van der Waals surface area contributed by atoms with Crippen LogP contribution in [0.3, 0.4) is 0 Å². The minimum Gasteiger partial charge on any atom is -0.328 e. The largest absolute Gasteiger partial charge is 0.328 e. The van der Waals surface area contributed by atoms with Crippen molar-refractivity contribution in [2.24, 2.45) is 11.8 Å². The maximum absolute atomic E-state index is 12.2. The van der Waals surface area contributed by atoms with Crippen molar-refractivity contribution in [3.05, 3.63) is 0 Å². The molecule has 2 saturated heterocycles. The molecule has 3 atom stereocenters. The highest BCUT2D eigenvalue weighted by molar-refractivity contribution is 5.84. The monoisotopic (exact) mass is 239 g/mol. The van der Waals surface area contributed by atoms with E-state index in [1.54, 1.807) is 0 Å². The number of carbonyl (C=O) groups excluding carboxylic acids is 1. The molecule has 0 aromatic carbocycles. The SMILES string of the molecule is CCC(C)C1NCN(CC2CCN(C)C2)C1=O. The Hall–Kier alpha value is -0.610. The van der Waals surface area contributed by atoms with Crippen molar-refractivity contribution in [2.75, 3.05) is 33.4 Å². The summed E-state index contributed by atoms with van der Waals surface area (Å²) in [4.78, 5) is 16.6. The van der Waals surface area contributed by atoms with Gasteiger partial charge in [0.05, 0.1) is 12.7 Å². The number of hydrogen-bond acceptors (Lipinski definition) is 3. The van der Waals surface area contributed by atoms with Crippen LogP contribution < -0.4 is 5.32 Å². The van der Waals surface area contributed by atoms with E-state index < -0.39 is 0 Å². The number of nitrogens with one attached hydrogen (secondary N) is 1. The molecule has 2 aliphatic rings. The van der Waals surface area contributed by atoms with Crippen LogP contribution in [0.1, 0.15) is 26.7 Å². The van der Waals surface area contributed by atoms with Crippen molar-refractivity contribution in [3.8, 4) is 0 Å². The molecule has 0 bridgehead atoms. The smallest absolute Gasteiger partial charge is 0.241 e. The summed E-state index contributed by atoms with van der Waals surface area (Å²) >= 11 is 0. The fourth-order valence-corrected chi connectivity index (χ4v) is 2.89. The number of carbonyl (C=O) groups is 1. The van der Waals surface area contributed by atoms with Crippen LogP contribution in [0, 0.1) is 11.8 Å². The van der Waals surface area contributed by atoms with Crippen LogP contribution in [-0.4, -0.2) is 55.1 Å². The average Bonchev–Trinajstić information content (AvgIpc) is 2.87. The molecule has 98 valence electrons. The molecular formula is C13H25N3O. The number of amides is 1. The molecule has 0 saturated carbocycles. The van der Waals surface area contributed by atoms with Gasteiger partial charge in [0.2, 0.25) is 5.91 Å². The normalized spacial score (nSPS) is 32.4. The van der Waals surface area contributed by atoms with E-state index in [2.05, 4.69) is 31.1 Å². The first-order valence-corrected chi connectivity index (χ1v) is 6.82. The fraction of sp³-hybridized carbons (Fsp3) is 0.923. The molecule has 1 amide bonds. The third-order valence-corrected chi connectivity index (χ3v) is 4.26. The Balaban J connectivity index is 1.85. The number of likely N-dealkylation sites (tertiary alicyclic amines) is 1. The number of nitrogens with zero attached hydrogens (tertiary/aromatic N) is 2. The summed E-state index contributed by atoms with van der Waals surface area (Å²) in [6, 6.07) is 0.0548. The van der Waals surface area contributed by atoms with Gasteiger partial charge in [0.1, 0.15) is 0 Å². The molecule has 4 nitrogen and oxygen atoms in total. The van der Waals surface area contributed by atoms with Crippen LogP contribution in [0.4, 0.5) is 0 Å². The van der Waals surface area contributed by atoms with E-state index >= 15 is 0 Å². The quantitative estimate of drug-likeness (QED) is 0.786. The van der Waals surface area contributed by atoms with Crippen molar-refractivity contribution >= 4 is 5.91 Å². The van der Waals surface area contributed by atoms with E-state index in [0.29, 0.717) is 17.7 Å². The Kier molecular flexibility index (Phi) is 4.05. The molecule has 2 fully saturated rings. The van der Waals surface area contributed by atoms with Gasteiger partial charge in [-0.3, -0.25) is 10.1 Å². The lowest BCUT2D eigenvalue weighted by atomic mass is 9.99. The third-order valence-electron chi connectivity index (χ3n) is 4.26. The van der Waals surface area contributed by atoms with Crippen molar-refractivity contribution in [1.29, 1.82) is 0 Å². The molecule has 2 aliphatic heterocycles. The van der Waals surface area contributed by atoms with E-state index in [1.807, 2.05) is 4.90 Å². The van der Waals surface area contributed by atoms with Crippen molar-refractivity contribution in [2.45, 2.75) is 32.7 Å². The van der Waals surface area contributed by atoms with Crippen LogP contribution in [0.2, 0.25) is 0 Å². The van der Waals surface area contributed by atoms with Crippen LogP contribution in [0.25, 0.3) is 0 Å². The molecule has 0 aromatic heterocycles. The Morgan fingerprint density at radius 1 is 1.53 bits per heavy atom. The van der Waals surface area contributed by atoms with Crippen LogP contribution >= 0.6 is 0 Å². The lowest BCUT2D eigenvalue weighted by Crippen LogP contribution is -2.37. The van der Waals surface area contributed by atoms with E-state index in [-0.39, 0.29) is 6.04 Å². The van der Waals surface area contributed by atoms with Crippen molar-refractivity contribution < 1.29 is 4.79 Å². The lowest BCUT2D eigenvalue weighted by molar-refractivity contribution is -0.130. The molecule has 2 heterocycles. The van der Waals surface area contributed by atoms with Gasteiger partial charge in [0, 0.05) is 13.1 Å². The highest BCUT2D eigenvalue weighted by atomic mass is 16.2. The summed E-state index contributed by atoms with van der Waals surface area (Å²) in [5, 5.41) is 3.36. The predicted molar refractivity (Wildman–Crippen MR) is 68.6 cm³/mol. The maximum Gasteiger partial charge on any atom is 0.241 e. The molecule has 0 aliphatic carbocycles. The Morgan fingerprint density at radius 3 is 2.88 bits per heavy atom. The lowest BCUT2D eigenvalue weighted by Gasteiger charge is -2.21. The molecule has 4 heteroatoms. The standard InChI is InChI=1S/C13H25N3O/c1-4-10(2)12-13(17)16(9-14-12)8-11-5-6-15(3)7-11/h10-12,14H,4-9H2,1-3H3. The van der Waals surface area contributed by atoms with Crippen molar-refractivity contribution in [1.82, 2.24) is 15.1 Å². The second-order valence-electron chi connectivity index (χ2n) is 5.70. The second kappa shape index (κ2) is 5.36. The molecule has 1 N–H and O–H groups in total. The first-order valence-electron chi connectivity index (χ1n) is 6.82. The highest BCUT2D eigenvalue weighted by Crippen LogP contribution is 2.20. The van der Waals surface area contributed by atoms with Gasteiger partial charge in [0.15, 0.2) is 0 Å². The topological polar surface area (TPSA) is 35.6 Å². The van der Waals surface area contributed by atoms with E-state index in [9.17, 15) is 4.79 Å². The van der Waals surface area contributed by atoms with Crippen LogP contribution in [0.5, 0.6) is 0 Å². The first kappa shape index (κ1) is 12.8. The molecule has 0 radical (unpaired) electrons.